The number of rotatable bonds is 7. The summed E-state index contributed by atoms with van der Waals surface area (Å²) in [6, 6.07) is 5.96. The van der Waals surface area contributed by atoms with E-state index in [0.29, 0.717) is 10.0 Å². The van der Waals surface area contributed by atoms with Crippen molar-refractivity contribution in [2.24, 2.45) is 0 Å². The monoisotopic (exact) mass is 589 g/mol. The molecule has 2 heterocycles. The van der Waals surface area contributed by atoms with Gasteiger partial charge in [0.2, 0.25) is 0 Å². The van der Waals surface area contributed by atoms with Crippen molar-refractivity contribution in [2.75, 3.05) is 6.61 Å². The molecule has 14 heteroatoms. The fraction of sp³-hybridized carbons (Fsp3) is 0.333. The molecule has 4 atom stereocenters. The molecule has 0 aliphatic carbocycles. The zero-order valence-electron chi connectivity index (χ0n) is 19.9. The molecule has 202 valence electrons. The van der Waals surface area contributed by atoms with Crippen LogP contribution >= 0.6 is 35.0 Å². The molecule has 2 aromatic carbocycles. The van der Waals surface area contributed by atoms with E-state index in [-0.39, 0.29) is 24.3 Å². The molecule has 1 saturated heterocycles. The minimum absolute atomic E-state index is 0.0399. The molecule has 38 heavy (non-hydrogen) atoms. The van der Waals surface area contributed by atoms with Gasteiger partial charge in [0.25, 0.3) is 0 Å². The van der Waals surface area contributed by atoms with Gasteiger partial charge in [-0.05, 0) is 30.3 Å². The Labute approximate surface area is 229 Å². The highest BCUT2D eigenvalue weighted by atomic mass is 35.5. The van der Waals surface area contributed by atoms with E-state index in [4.69, 9.17) is 37.4 Å². The van der Waals surface area contributed by atoms with Crippen LogP contribution in [0.5, 0.6) is 0 Å². The lowest BCUT2D eigenvalue weighted by Crippen LogP contribution is -2.49. The average molecular weight is 590 g/mol. The van der Waals surface area contributed by atoms with Crippen LogP contribution in [0.15, 0.2) is 41.4 Å². The fourth-order valence-corrected chi connectivity index (χ4v) is 5.39. The van der Waals surface area contributed by atoms with Crippen molar-refractivity contribution < 1.29 is 37.0 Å². The van der Waals surface area contributed by atoms with E-state index in [1.54, 1.807) is 18.2 Å². The number of aromatic nitrogens is 3. The summed E-state index contributed by atoms with van der Waals surface area (Å²) >= 11 is 13.5. The van der Waals surface area contributed by atoms with Gasteiger partial charge in [0, 0.05) is 30.7 Å². The molecule has 1 aliphatic heterocycles. The van der Waals surface area contributed by atoms with Crippen LogP contribution in [0, 0.1) is 17.5 Å². The van der Waals surface area contributed by atoms with Crippen molar-refractivity contribution in [3.8, 4) is 11.3 Å². The fourth-order valence-electron chi connectivity index (χ4n) is 3.90. The van der Waals surface area contributed by atoms with Crippen LogP contribution in [-0.2, 0) is 23.8 Å². The van der Waals surface area contributed by atoms with E-state index in [1.807, 2.05) is 0 Å². The molecule has 0 radical (unpaired) electrons. The summed E-state index contributed by atoms with van der Waals surface area (Å²) in [5, 5.41) is 8.77. The van der Waals surface area contributed by atoms with Gasteiger partial charge in [-0.15, -0.1) is 5.10 Å². The maximum atomic E-state index is 13.8. The molecule has 0 bridgehead atoms. The minimum Gasteiger partial charge on any atom is -0.463 e. The van der Waals surface area contributed by atoms with Gasteiger partial charge < -0.3 is 14.2 Å². The second kappa shape index (κ2) is 11.9. The number of esters is 2. The Bertz CT molecular complexity index is 1340. The quantitative estimate of drug-likeness (QED) is 0.259. The molecule has 1 aliphatic rings. The van der Waals surface area contributed by atoms with Crippen molar-refractivity contribution in [3.05, 3.63) is 64.0 Å². The number of halogens is 5. The zero-order valence-corrected chi connectivity index (χ0v) is 22.2. The summed E-state index contributed by atoms with van der Waals surface area (Å²) in [7, 11) is 0. The van der Waals surface area contributed by atoms with Crippen molar-refractivity contribution in [1.82, 2.24) is 15.0 Å². The third kappa shape index (κ3) is 6.60. The Morgan fingerprint density at radius 3 is 2.45 bits per heavy atom. The summed E-state index contributed by atoms with van der Waals surface area (Å²) < 4.78 is 59.2. The van der Waals surface area contributed by atoms with Gasteiger partial charge >= 0.3 is 11.9 Å². The van der Waals surface area contributed by atoms with Gasteiger partial charge in [0.1, 0.15) is 23.8 Å². The molecule has 3 aromatic rings. The second-order valence-corrected chi connectivity index (χ2v) is 10.4. The number of hydrogen-bond donors (Lipinski definition) is 0. The van der Waals surface area contributed by atoms with Crippen LogP contribution in [-0.4, -0.2) is 51.2 Å². The van der Waals surface area contributed by atoms with Gasteiger partial charge in [-0.3, -0.25) is 9.59 Å². The van der Waals surface area contributed by atoms with E-state index < -0.39 is 53.1 Å². The summed E-state index contributed by atoms with van der Waals surface area (Å²) in [4.78, 5) is 24.2. The second-order valence-electron chi connectivity index (χ2n) is 8.32. The Hall–Kier alpha value is -2.80. The van der Waals surface area contributed by atoms with Crippen LogP contribution in [0.4, 0.5) is 13.2 Å². The van der Waals surface area contributed by atoms with E-state index in [9.17, 15) is 22.8 Å². The molecule has 0 N–H and O–H groups in total. The van der Waals surface area contributed by atoms with Crippen LogP contribution in [0.3, 0.4) is 0 Å². The molecular weight excluding hydrogens is 570 g/mol. The Kier molecular flexibility index (Phi) is 8.86. The lowest BCUT2D eigenvalue weighted by atomic mass is 9.99. The third-order valence-electron chi connectivity index (χ3n) is 5.55. The molecule has 0 unspecified atom stereocenters. The summed E-state index contributed by atoms with van der Waals surface area (Å²) in [6.07, 6.45) is -0.236. The van der Waals surface area contributed by atoms with Crippen molar-refractivity contribution in [2.45, 2.75) is 48.8 Å². The maximum Gasteiger partial charge on any atom is 0.303 e. The zero-order chi connectivity index (χ0) is 27.6. The third-order valence-corrected chi connectivity index (χ3v) is 7.38. The number of carbonyl (C=O) groups excluding carboxylic acids is 2. The average Bonchev–Trinajstić information content (AvgIpc) is 3.34. The summed E-state index contributed by atoms with van der Waals surface area (Å²) in [6.45, 7) is 2.22. The lowest BCUT2D eigenvalue weighted by molar-refractivity contribution is -0.182. The number of hydrogen-bond acceptors (Lipinski definition) is 8. The maximum absolute atomic E-state index is 13.8. The number of thioether (sulfide) groups is 1. The Balaban J connectivity index is 1.68. The molecule has 0 saturated carbocycles. The van der Waals surface area contributed by atoms with Crippen LogP contribution in [0.25, 0.3) is 11.3 Å². The molecule has 8 nitrogen and oxygen atoms in total. The highest BCUT2D eigenvalue weighted by Crippen LogP contribution is 2.40. The highest BCUT2D eigenvalue weighted by molar-refractivity contribution is 7.99. The highest BCUT2D eigenvalue weighted by Gasteiger charge is 2.43. The molecule has 4 rings (SSSR count). The first-order valence-electron chi connectivity index (χ1n) is 11.2. The first-order chi connectivity index (χ1) is 18.0. The molecule has 0 amide bonds. The molecule has 1 fully saturated rings. The number of nitrogens with zero attached hydrogens (tertiary/aromatic N) is 3. The number of carbonyl (C=O) groups is 2. The van der Waals surface area contributed by atoms with E-state index >= 15 is 0 Å². The topological polar surface area (TPSA) is 92.5 Å². The van der Waals surface area contributed by atoms with Gasteiger partial charge in [-0.1, -0.05) is 40.2 Å². The van der Waals surface area contributed by atoms with E-state index in [2.05, 4.69) is 10.3 Å². The number of ether oxygens (including phenoxy) is 3. The van der Waals surface area contributed by atoms with Crippen molar-refractivity contribution in [3.63, 3.8) is 0 Å². The van der Waals surface area contributed by atoms with Crippen LogP contribution in [0.1, 0.15) is 26.3 Å². The van der Waals surface area contributed by atoms with E-state index in [1.165, 1.54) is 36.5 Å². The summed E-state index contributed by atoms with van der Waals surface area (Å²) in [5.41, 5.74) is -0.541. The van der Waals surface area contributed by atoms with Crippen LogP contribution < -0.4 is 0 Å². The molecule has 1 aromatic heterocycles. The van der Waals surface area contributed by atoms with Gasteiger partial charge in [-0.2, -0.15) is 0 Å². The molecule has 0 spiro atoms. The number of benzene rings is 2. The van der Waals surface area contributed by atoms with Crippen molar-refractivity contribution in [1.29, 1.82) is 0 Å². The Morgan fingerprint density at radius 2 is 1.82 bits per heavy atom. The van der Waals surface area contributed by atoms with Gasteiger partial charge in [0.15, 0.2) is 23.6 Å². The summed E-state index contributed by atoms with van der Waals surface area (Å²) in [5.74, 6) is -5.53. The Morgan fingerprint density at radius 1 is 1.11 bits per heavy atom. The lowest BCUT2D eigenvalue weighted by Gasteiger charge is -2.40. The predicted octanol–water partition coefficient (Wildman–Crippen LogP) is 5.61. The SMILES string of the molecule is CC(=O)OC[C@H]1O[C@H](Sc2ccc(Cl)c(Cl)c2)C[C@@H](n2cc(-c3cc(F)c(F)c(F)c3)nn2)[C@H]1OC(C)=O. The minimum atomic E-state index is -1.60. The van der Waals surface area contributed by atoms with E-state index in [0.717, 1.165) is 17.0 Å². The normalized spacial score (nSPS) is 21.2. The smallest absolute Gasteiger partial charge is 0.303 e. The standard InChI is InChI=1S/C24H20Cl2F3N3O5S/c1-11(33)35-10-21-24(36-12(2)34)20(8-22(37-21)38-14-3-4-15(25)16(26)7-14)32-9-19(30-31-32)13-5-17(27)23(29)18(28)6-13/h3-7,9,20-22,24H,8,10H2,1-2H3/t20-,21-,22-,24-/m1/s1. The first-order valence-corrected chi connectivity index (χ1v) is 12.8. The molecular formula is C24H20Cl2F3N3O5S. The largest absolute Gasteiger partial charge is 0.463 e. The van der Waals surface area contributed by atoms with Gasteiger partial charge in [-0.25, -0.2) is 17.9 Å². The van der Waals surface area contributed by atoms with Crippen LogP contribution in [0.2, 0.25) is 10.0 Å². The predicted molar refractivity (Wildman–Crippen MR) is 132 cm³/mol. The van der Waals surface area contributed by atoms with Crippen molar-refractivity contribution >= 4 is 46.9 Å². The first kappa shape index (κ1) is 28.2. The van der Waals surface area contributed by atoms with Gasteiger partial charge in [0.05, 0.1) is 22.3 Å².